The highest BCUT2D eigenvalue weighted by molar-refractivity contribution is 6.24. The second-order valence-corrected chi connectivity index (χ2v) is 9.58. The fourth-order valence-corrected chi connectivity index (χ4v) is 5.42. The molecule has 0 radical (unpaired) electrons. The normalized spacial score (nSPS) is 20.2. The third kappa shape index (κ3) is 3.78. The van der Waals surface area contributed by atoms with Gasteiger partial charge in [-0.2, -0.15) is 0 Å². The zero-order valence-electron chi connectivity index (χ0n) is 49.1. The summed E-state index contributed by atoms with van der Waals surface area (Å²) in [6.07, 6.45) is 0. The third-order valence-corrected chi connectivity index (χ3v) is 7.26. The molecule has 0 heterocycles. The van der Waals surface area contributed by atoms with Crippen molar-refractivity contribution < 1.29 is 37.0 Å². The van der Waals surface area contributed by atoms with Crippen LogP contribution in [0.3, 0.4) is 0 Å². The van der Waals surface area contributed by atoms with E-state index in [1.165, 1.54) is 0 Å². The largest absolute Gasteiger partial charge is 0.0636 e. The van der Waals surface area contributed by atoms with Crippen LogP contribution in [0.4, 0.5) is 0 Å². The predicted octanol–water partition coefficient (Wildman–Crippen LogP) is 12.5. The highest BCUT2D eigenvalue weighted by Gasteiger charge is 2.19. The SMILES string of the molecule is [2H]c1cc2c(-c3c([2H])c([2H])c(-c4c([2H])c([2H])c([2H])c5c([2H])c([2H])c([2H])c([2H])c45)c4c([2H])c([2H])c([2H])c([2H])c34)c3c([2H])c([2H])c([2H])c([2H])c3c(-c3c([2H])c([2H])c4c([2H])c([2H])c([2H])c([2H])c4c3[2H])c2c([2H])c1[2H]. The average Bonchev–Trinajstić information content (AvgIpc) is 3.33. The topological polar surface area (TPSA) is 0 Å². The van der Waals surface area contributed by atoms with E-state index in [2.05, 4.69) is 0 Å². The molecule has 0 unspecified atom stereocenters. The van der Waals surface area contributed by atoms with Gasteiger partial charge in [-0.25, -0.2) is 0 Å². The molecule has 0 aliphatic rings. The van der Waals surface area contributed by atoms with E-state index in [4.69, 9.17) is 24.7 Å². The van der Waals surface area contributed by atoms with Crippen LogP contribution < -0.4 is 0 Å². The maximum absolute atomic E-state index is 9.83. The molecule has 9 rings (SSSR count). The summed E-state index contributed by atoms with van der Waals surface area (Å²) in [6.45, 7) is 0. The van der Waals surface area contributed by atoms with Gasteiger partial charge in [0.25, 0.3) is 0 Å². The zero-order chi connectivity index (χ0) is 52.5. The minimum atomic E-state index is -1.04. The molecule has 0 saturated heterocycles. The second kappa shape index (κ2) is 9.93. The molecule has 0 heteroatoms. The van der Waals surface area contributed by atoms with Crippen molar-refractivity contribution in [3.05, 3.63) is 169 Å². The van der Waals surface area contributed by atoms with Crippen molar-refractivity contribution in [2.24, 2.45) is 0 Å². The molecule has 204 valence electrons. The Hall–Kier alpha value is -5.72. The van der Waals surface area contributed by atoms with Crippen LogP contribution in [0, 0.1) is 0 Å². The molecular weight excluding hydrogens is 528 g/mol. The van der Waals surface area contributed by atoms with E-state index in [0.29, 0.717) is 0 Å². The Morgan fingerprint density at radius 1 is 0.295 bits per heavy atom. The molecule has 0 bridgehead atoms. The van der Waals surface area contributed by atoms with Crippen molar-refractivity contribution in [1.29, 1.82) is 0 Å². The van der Waals surface area contributed by atoms with Gasteiger partial charge in [0, 0.05) is 0 Å². The smallest absolute Gasteiger partial charge is 0.0616 e. The van der Waals surface area contributed by atoms with E-state index in [0.717, 1.165) is 6.07 Å². The summed E-state index contributed by atoms with van der Waals surface area (Å²) < 4.78 is 242. The molecule has 0 saturated carbocycles. The fraction of sp³-hybridized carbons (Fsp3) is 0. The molecule has 0 aliphatic heterocycles. The first kappa shape index (κ1) is 9.91. The molecule has 9 aromatic rings. The van der Waals surface area contributed by atoms with Crippen molar-refractivity contribution in [3.63, 3.8) is 0 Å². The van der Waals surface area contributed by atoms with Crippen LogP contribution in [0.25, 0.3) is 87.2 Å². The first-order valence-electron chi connectivity index (χ1n) is 26.6. The number of hydrogen-bond acceptors (Lipinski definition) is 0. The lowest BCUT2D eigenvalue weighted by Crippen LogP contribution is -1.92. The van der Waals surface area contributed by atoms with Gasteiger partial charge in [0.1, 0.15) is 0 Å². The van der Waals surface area contributed by atoms with Crippen molar-refractivity contribution in [1.82, 2.24) is 0 Å². The van der Waals surface area contributed by atoms with E-state index in [-0.39, 0.29) is 0 Å². The Labute approximate surface area is 294 Å². The summed E-state index contributed by atoms with van der Waals surface area (Å²) >= 11 is 0. The minimum Gasteiger partial charge on any atom is -0.0616 e. The van der Waals surface area contributed by atoms with E-state index < -0.39 is 250 Å². The van der Waals surface area contributed by atoms with Crippen LogP contribution in [0.15, 0.2) is 169 Å². The van der Waals surface area contributed by atoms with Gasteiger partial charge in [-0.3, -0.25) is 0 Å². The molecule has 9 aromatic carbocycles. The van der Waals surface area contributed by atoms with Gasteiger partial charge in [-0.05, 0) is 93.3 Å². The molecule has 0 spiro atoms. The molecule has 0 aliphatic carbocycles. The first-order valence-corrected chi connectivity index (χ1v) is 13.1. The highest BCUT2D eigenvalue weighted by atomic mass is 14.2. The van der Waals surface area contributed by atoms with Crippen LogP contribution in [0.2, 0.25) is 0 Å². The Morgan fingerprint density at radius 3 is 1.61 bits per heavy atom. The van der Waals surface area contributed by atoms with Crippen molar-refractivity contribution in [2.45, 2.75) is 0 Å². The number of fused-ring (bicyclic) bond motifs is 5. The Kier molecular flexibility index (Phi) is 2.24. The lowest BCUT2D eigenvalue weighted by molar-refractivity contribution is 1.66. The third-order valence-electron chi connectivity index (χ3n) is 7.26. The Morgan fingerprint density at radius 2 is 0.818 bits per heavy atom. The maximum atomic E-state index is 9.83. The van der Waals surface area contributed by atoms with Crippen LogP contribution in [-0.2, 0) is 0 Å². The molecule has 0 N–H and O–H groups in total. The number of hydrogen-bond donors (Lipinski definition) is 0. The van der Waals surface area contributed by atoms with E-state index >= 15 is 0 Å². The lowest BCUT2D eigenvalue weighted by atomic mass is 9.83. The lowest BCUT2D eigenvalue weighted by Gasteiger charge is -2.20. The zero-order valence-corrected chi connectivity index (χ0v) is 22.1. The average molecular weight is 584 g/mol. The molecule has 0 amide bonds. The van der Waals surface area contributed by atoms with Crippen LogP contribution in [-0.4, -0.2) is 0 Å². The van der Waals surface area contributed by atoms with E-state index in [1.54, 1.807) is 0 Å². The number of rotatable bonds is 3. The summed E-state index contributed by atoms with van der Waals surface area (Å²) in [5.41, 5.74) is -4.12. The molecule has 0 nitrogen and oxygen atoms in total. The van der Waals surface area contributed by atoms with E-state index in [1.807, 2.05) is 0 Å². The summed E-state index contributed by atoms with van der Waals surface area (Å²) in [5.74, 6) is 0. The fourth-order valence-electron chi connectivity index (χ4n) is 5.42. The molecule has 0 fully saturated rings. The Balaban J connectivity index is 1.64. The highest BCUT2D eigenvalue weighted by Crippen LogP contribution is 2.47. The summed E-state index contributed by atoms with van der Waals surface area (Å²) in [4.78, 5) is 0. The van der Waals surface area contributed by atoms with Crippen LogP contribution in [0.5, 0.6) is 0 Å². The van der Waals surface area contributed by atoms with Gasteiger partial charge < -0.3 is 0 Å². The van der Waals surface area contributed by atoms with Gasteiger partial charge in [0.15, 0.2) is 0 Å². The quantitative estimate of drug-likeness (QED) is 0.181. The van der Waals surface area contributed by atoms with Gasteiger partial charge in [-0.15, -0.1) is 0 Å². The summed E-state index contributed by atoms with van der Waals surface area (Å²) in [6, 6.07) is -23.4. The van der Waals surface area contributed by atoms with Gasteiger partial charge >= 0.3 is 0 Å². The predicted molar refractivity (Wildman–Crippen MR) is 190 cm³/mol. The van der Waals surface area contributed by atoms with Gasteiger partial charge in [0.2, 0.25) is 0 Å². The first-order chi connectivity index (χ1) is 33.1. The van der Waals surface area contributed by atoms with Gasteiger partial charge in [0.05, 0.1) is 37.0 Å². The van der Waals surface area contributed by atoms with Crippen LogP contribution in [0.1, 0.15) is 37.0 Å². The van der Waals surface area contributed by atoms with Crippen molar-refractivity contribution in [3.8, 4) is 33.4 Å². The standard InChI is InChI=1S/C44H28/c1-2-14-31-28-32(25-24-29(31)12-1)43-38-19-7-9-21-40(38)44(41-22-10-8-20-39(41)43)42-27-26-37(35-17-5-6-18-36(35)42)34-23-11-15-30-13-3-4-16-33(30)34/h1-28H/i1D,2D,3D,4D,5D,6D,7D,8D,9D,10D,11D,12D,13D,14D,15D,16D,17D,18D,19D,20D,21D,23D,24D,25D,26D,27D,28D. The Bertz CT molecular complexity index is 4060. The van der Waals surface area contributed by atoms with Crippen molar-refractivity contribution in [2.75, 3.05) is 0 Å². The van der Waals surface area contributed by atoms with E-state index in [9.17, 15) is 12.3 Å². The summed E-state index contributed by atoms with van der Waals surface area (Å²) in [7, 11) is 0. The molecule has 44 heavy (non-hydrogen) atoms. The van der Waals surface area contributed by atoms with Gasteiger partial charge in [-0.1, -0.05) is 163 Å². The monoisotopic (exact) mass is 583 g/mol. The molecular formula is C44H28. The molecule has 0 aromatic heterocycles. The molecule has 0 atom stereocenters. The second-order valence-electron chi connectivity index (χ2n) is 9.58. The van der Waals surface area contributed by atoms with Crippen LogP contribution >= 0.6 is 0 Å². The van der Waals surface area contributed by atoms with Crippen molar-refractivity contribution >= 4 is 53.9 Å². The maximum Gasteiger partial charge on any atom is 0.0636 e. The summed E-state index contributed by atoms with van der Waals surface area (Å²) in [5, 5.41) is -6.23. The minimum absolute atomic E-state index is 0.494. The number of benzene rings is 9.